The SMILES string of the molecule is CCC(C)OC(=O)CC1C(=O)NCCN1C(=S)NC(=O)CCc1ccccc1. The van der Waals surface area contributed by atoms with E-state index in [0.29, 0.717) is 25.9 Å². The average molecular weight is 406 g/mol. The van der Waals surface area contributed by atoms with E-state index in [1.807, 2.05) is 37.3 Å². The Morgan fingerprint density at radius 2 is 2.07 bits per heavy atom. The number of carbonyl (C=O) groups is 3. The first-order valence-electron chi connectivity index (χ1n) is 9.52. The van der Waals surface area contributed by atoms with Crippen LogP contribution >= 0.6 is 12.2 Å². The third-order valence-electron chi connectivity index (χ3n) is 4.59. The van der Waals surface area contributed by atoms with E-state index >= 15 is 0 Å². The molecule has 0 aliphatic carbocycles. The Hall–Kier alpha value is -2.48. The molecular weight excluding hydrogens is 378 g/mol. The van der Waals surface area contributed by atoms with Crippen molar-refractivity contribution in [3.05, 3.63) is 35.9 Å². The van der Waals surface area contributed by atoms with E-state index in [9.17, 15) is 14.4 Å². The van der Waals surface area contributed by atoms with Crippen LogP contribution in [0.25, 0.3) is 0 Å². The fourth-order valence-corrected chi connectivity index (χ4v) is 3.16. The number of esters is 1. The Balaban J connectivity index is 1.91. The highest BCUT2D eigenvalue weighted by atomic mass is 32.1. The van der Waals surface area contributed by atoms with Crippen molar-refractivity contribution in [2.75, 3.05) is 13.1 Å². The van der Waals surface area contributed by atoms with E-state index in [1.165, 1.54) is 0 Å². The molecule has 0 saturated carbocycles. The molecule has 2 N–H and O–H groups in total. The van der Waals surface area contributed by atoms with E-state index in [0.717, 1.165) is 5.56 Å². The normalized spacial score (nSPS) is 17.4. The molecule has 1 fully saturated rings. The molecule has 1 aromatic carbocycles. The van der Waals surface area contributed by atoms with Crippen LogP contribution in [0.3, 0.4) is 0 Å². The fraction of sp³-hybridized carbons (Fsp3) is 0.500. The number of rotatable bonds is 7. The minimum atomic E-state index is -0.785. The Kier molecular flexibility index (Phi) is 8.38. The van der Waals surface area contributed by atoms with Gasteiger partial charge in [-0.2, -0.15) is 0 Å². The Morgan fingerprint density at radius 3 is 2.75 bits per heavy atom. The first-order valence-corrected chi connectivity index (χ1v) is 9.93. The molecule has 1 heterocycles. The zero-order chi connectivity index (χ0) is 20.5. The zero-order valence-corrected chi connectivity index (χ0v) is 17.1. The van der Waals surface area contributed by atoms with Gasteiger partial charge in [0.2, 0.25) is 11.8 Å². The highest BCUT2D eigenvalue weighted by Gasteiger charge is 2.34. The number of piperazine rings is 1. The summed E-state index contributed by atoms with van der Waals surface area (Å²) in [5, 5.41) is 5.57. The molecule has 2 atom stereocenters. The van der Waals surface area contributed by atoms with Gasteiger partial charge in [0.25, 0.3) is 0 Å². The number of amides is 2. The van der Waals surface area contributed by atoms with E-state index < -0.39 is 12.0 Å². The molecule has 0 spiro atoms. The summed E-state index contributed by atoms with van der Waals surface area (Å²) in [5.74, 6) is -0.978. The van der Waals surface area contributed by atoms with Crippen molar-refractivity contribution < 1.29 is 19.1 Å². The maximum atomic E-state index is 12.3. The second-order valence-corrected chi connectivity index (χ2v) is 7.14. The summed E-state index contributed by atoms with van der Waals surface area (Å²) in [6.07, 6.45) is 1.25. The number of hydrogen-bond donors (Lipinski definition) is 2. The van der Waals surface area contributed by atoms with Crippen LogP contribution in [-0.4, -0.2) is 53.0 Å². The Morgan fingerprint density at radius 1 is 1.36 bits per heavy atom. The molecule has 2 amide bonds. The van der Waals surface area contributed by atoms with Gasteiger partial charge in [-0.25, -0.2) is 0 Å². The topological polar surface area (TPSA) is 87.7 Å². The molecule has 1 aromatic rings. The van der Waals surface area contributed by atoms with Crippen LogP contribution in [0, 0.1) is 0 Å². The second kappa shape index (κ2) is 10.8. The first-order chi connectivity index (χ1) is 13.4. The molecule has 1 aliphatic rings. The lowest BCUT2D eigenvalue weighted by atomic mass is 10.1. The summed E-state index contributed by atoms with van der Waals surface area (Å²) in [5.41, 5.74) is 1.06. The molecule has 0 radical (unpaired) electrons. The van der Waals surface area contributed by atoms with E-state index in [2.05, 4.69) is 10.6 Å². The molecule has 1 aliphatic heterocycles. The lowest BCUT2D eigenvalue weighted by molar-refractivity contribution is -0.151. The van der Waals surface area contributed by atoms with Crippen LogP contribution in [0.4, 0.5) is 0 Å². The Bertz CT molecular complexity index is 711. The van der Waals surface area contributed by atoms with Crippen LogP contribution < -0.4 is 10.6 Å². The van der Waals surface area contributed by atoms with Crippen molar-refractivity contribution in [1.29, 1.82) is 0 Å². The van der Waals surface area contributed by atoms with Gasteiger partial charge in [-0.15, -0.1) is 0 Å². The van der Waals surface area contributed by atoms with Gasteiger partial charge >= 0.3 is 5.97 Å². The highest BCUT2D eigenvalue weighted by molar-refractivity contribution is 7.80. The van der Waals surface area contributed by atoms with E-state index in [-0.39, 0.29) is 35.9 Å². The molecule has 28 heavy (non-hydrogen) atoms. The molecule has 2 unspecified atom stereocenters. The van der Waals surface area contributed by atoms with Crippen LogP contribution in [-0.2, 0) is 25.5 Å². The van der Waals surface area contributed by atoms with Crippen LogP contribution in [0.2, 0.25) is 0 Å². The lowest BCUT2D eigenvalue weighted by Gasteiger charge is -2.36. The van der Waals surface area contributed by atoms with Crippen molar-refractivity contribution in [2.45, 2.75) is 51.7 Å². The number of carbonyl (C=O) groups excluding carboxylic acids is 3. The number of benzene rings is 1. The number of nitrogens with zero attached hydrogens (tertiary/aromatic N) is 1. The molecule has 1 saturated heterocycles. The molecule has 0 aromatic heterocycles. The number of ether oxygens (including phenoxy) is 1. The highest BCUT2D eigenvalue weighted by Crippen LogP contribution is 2.12. The molecule has 0 bridgehead atoms. The largest absolute Gasteiger partial charge is 0.463 e. The minimum absolute atomic E-state index is 0.115. The summed E-state index contributed by atoms with van der Waals surface area (Å²) in [7, 11) is 0. The number of hydrogen-bond acceptors (Lipinski definition) is 5. The van der Waals surface area contributed by atoms with Gasteiger partial charge in [0.15, 0.2) is 5.11 Å². The molecule has 8 heteroatoms. The van der Waals surface area contributed by atoms with Gasteiger partial charge in [-0.3, -0.25) is 14.4 Å². The van der Waals surface area contributed by atoms with Gasteiger partial charge in [0, 0.05) is 19.5 Å². The Labute approximate surface area is 170 Å². The van der Waals surface area contributed by atoms with Crippen LogP contribution in [0.15, 0.2) is 30.3 Å². The summed E-state index contributed by atoms with van der Waals surface area (Å²) in [4.78, 5) is 38.2. The van der Waals surface area contributed by atoms with Gasteiger partial charge < -0.3 is 20.3 Å². The maximum Gasteiger partial charge on any atom is 0.308 e. The number of aryl methyl sites for hydroxylation is 1. The van der Waals surface area contributed by atoms with E-state index in [1.54, 1.807) is 11.8 Å². The van der Waals surface area contributed by atoms with Crippen molar-refractivity contribution in [2.24, 2.45) is 0 Å². The monoisotopic (exact) mass is 405 g/mol. The van der Waals surface area contributed by atoms with Gasteiger partial charge in [0.05, 0.1) is 12.5 Å². The van der Waals surface area contributed by atoms with Crippen molar-refractivity contribution in [1.82, 2.24) is 15.5 Å². The summed E-state index contributed by atoms with van der Waals surface area (Å²) >= 11 is 5.34. The number of nitrogens with one attached hydrogen (secondary N) is 2. The number of thiocarbonyl (C=S) groups is 1. The minimum Gasteiger partial charge on any atom is -0.463 e. The van der Waals surface area contributed by atoms with Crippen molar-refractivity contribution in [3.63, 3.8) is 0 Å². The maximum absolute atomic E-state index is 12.3. The third-order valence-corrected chi connectivity index (χ3v) is 4.93. The predicted octanol–water partition coefficient (Wildman–Crippen LogP) is 1.55. The molecule has 2 rings (SSSR count). The third kappa shape index (κ3) is 6.60. The average Bonchev–Trinajstić information content (AvgIpc) is 2.68. The van der Waals surface area contributed by atoms with Crippen LogP contribution in [0.5, 0.6) is 0 Å². The van der Waals surface area contributed by atoms with E-state index in [4.69, 9.17) is 17.0 Å². The first kappa shape index (κ1) is 21.8. The molecule has 152 valence electrons. The quantitative estimate of drug-likeness (QED) is 0.529. The standard InChI is InChI=1S/C20H27N3O4S/c1-3-14(2)27-18(25)13-16-19(26)21-11-12-23(16)20(28)22-17(24)10-9-15-7-5-4-6-8-15/h4-8,14,16H,3,9-13H2,1-2H3,(H,21,26)(H,22,24,28). The zero-order valence-electron chi connectivity index (χ0n) is 16.3. The van der Waals surface area contributed by atoms with Crippen molar-refractivity contribution in [3.8, 4) is 0 Å². The molecular formula is C20H27N3O4S. The smallest absolute Gasteiger partial charge is 0.308 e. The second-order valence-electron chi connectivity index (χ2n) is 6.75. The lowest BCUT2D eigenvalue weighted by Crippen LogP contribution is -2.60. The summed E-state index contributed by atoms with van der Waals surface area (Å²) < 4.78 is 5.27. The summed E-state index contributed by atoms with van der Waals surface area (Å²) in [6.45, 7) is 4.53. The van der Waals surface area contributed by atoms with Gasteiger partial charge in [0.1, 0.15) is 6.04 Å². The molecule has 7 nitrogen and oxygen atoms in total. The van der Waals surface area contributed by atoms with Gasteiger partial charge in [-0.1, -0.05) is 37.3 Å². The van der Waals surface area contributed by atoms with Crippen LogP contribution in [0.1, 0.15) is 38.7 Å². The summed E-state index contributed by atoms with van der Waals surface area (Å²) in [6, 6.07) is 8.90. The fourth-order valence-electron chi connectivity index (χ4n) is 2.83. The predicted molar refractivity (Wildman–Crippen MR) is 109 cm³/mol. The van der Waals surface area contributed by atoms with Gasteiger partial charge in [-0.05, 0) is 37.5 Å². The van der Waals surface area contributed by atoms with Crippen molar-refractivity contribution >= 4 is 35.1 Å².